The molecule has 2 N–H and O–H groups in total. The first kappa shape index (κ1) is 10.6. The van der Waals surface area contributed by atoms with Crippen LogP contribution in [0.2, 0.25) is 0 Å². The minimum absolute atomic E-state index is 0.562. The highest BCUT2D eigenvalue weighted by Gasteiger charge is 2.37. The molecule has 0 aromatic carbocycles. The average Bonchev–Trinajstić information content (AvgIpc) is 2.80. The second-order valence-corrected chi connectivity index (χ2v) is 4.47. The Labute approximate surface area is 90.2 Å². The third kappa shape index (κ3) is 2.78. The topological polar surface area (TPSA) is 64.9 Å². The summed E-state index contributed by atoms with van der Waals surface area (Å²) in [5, 5.41) is 4.02. The lowest BCUT2D eigenvalue weighted by Crippen LogP contribution is -1.98. The summed E-state index contributed by atoms with van der Waals surface area (Å²) in [6.45, 7) is 3.00. The molecule has 0 spiro atoms. The Morgan fingerprint density at radius 3 is 2.87 bits per heavy atom. The number of aryl methyl sites for hydroxylation is 1. The van der Waals surface area contributed by atoms with Gasteiger partial charge in [-0.3, -0.25) is 0 Å². The number of hydrogen-bond acceptors (Lipinski definition) is 4. The maximum Gasteiger partial charge on any atom is 0.226 e. The van der Waals surface area contributed by atoms with Crippen molar-refractivity contribution in [1.82, 2.24) is 10.1 Å². The molecule has 15 heavy (non-hydrogen) atoms. The van der Waals surface area contributed by atoms with Crippen molar-refractivity contribution in [2.24, 2.45) is 11.7 Å². The van der Waals surface area contributed by atoms with E-state index in [1.54, 1.807) is 0 Å². The van der Waals surface area contributed by atoms with Gasteiger partial charge in [0.15, 0.2) is 5.82 Å². The summed E-state index contributed by atoms with van der Waals surface area (Å²) in [6, 6.07) is 0. The Balaban J connectivity index is 1.75. The number of nitrogens with zero attached hydrogens (tertiary/aromatic N) is 2. The van der Waals surface area contributed by atoms with Crippen molar-refractivity contribution in [3.05, 3.63) is 11.7 Å². The van der Waals surface area contributed by atoms with Gasteiger partial charge in [0.25, 0.3) is 0 Å². The molecule has 1 aliphatic carbocycles. The third-order valence-corrected chi connectivity index (χ3v) is 3.02. The SMILES string of the molecule is CC1CC1c1noc(CCCCCN)n1. The molecule has 0 radical (unpaired) electrons. The molecule has 1 aromatic rings. The van der Waals surface area contributed by atoms with E-state index in [0.717, 1.165) is 49.9 Å². The van der Waals surface area contributed by atoms with Crippen molar-refractivity contribution in [3.8, 4) is 0 Å². The van der Waals surface area contributed by atoms with Crippen LogP contribution in [0.5, 0.6) is 0 Å². The summed E-state index contributed by atoms with van der Waals surface area (Å²) in [6.07, 6.45) is 5.44. The zero-order valence-corrected chi connectivity index (χ0v) is 9.28. The number of rotatable bonds is 6. The zero-order valence-electron chi connectivity index (χ0n) is 9.28. The fourth-order valence-electron chi connectivity index (χ4n) is 1.80. The highest BCUT2D eigenvalue weighted by molar-refractivity contribution is 5.07. The molecule has 2 rings (SSSR count). The Bertz CT molecular complexity index is 311. The van der Waals surface area contributed by atoms with Crippen LogP contribution in [0.25, 0.3) is 0 Å². The van der Waals surface area contributed by atoms with E-state index in [0.29, 0.717) is 5.92 Å². The molecule has 4 nitrogen and oxygen atoms in total. The van der Waals surface area contributed by atoms with E-state index in [1.807, 2.05) is 0 Å². The van der Waals surface area contributed by atoms with Crippen LogP contribution in [0.1, 0.15) is 50.2 Å². The van der Waals surface area contributed by atoms with Crippen molar-refractivity contribution in [2.75, 3.05) is 6.54 Å². The Morgan fingerprint density at radius 1 is 1.40 bits per heavy atom. The lowest BCUT2D eigenvalue weighted by molar-refractivity contribution is 0.368. The van der Waals surface area contributed by atoms with Gasteiger partial charge in [0.1, 0.15) is 0 Å². The Hall–Kier alpha value is -0.900. The average molecular weight is 209 g/mol. The molecule has 0 amide bonds. The van der Waals surface area contributed by atoms with Crippen LogP contribution >= 0.6 is 0 Å². The third-order valence-electron chi connectivity index (χ3n) is 3.02. The second-order valence-electron chi connectivity index (χ2n) is 4.47. The van der Waals surface area contributed by atoms with Gasteiger partial charge in [-0.05, 0) is 31.7 Å². The van der Waals surface area contributed by atoms with Crippen LogP contribution in [-0.2, 0) is 6.42 Å². The highest BCUT2D eigenvalue weighted by atomic mass is 16.5. The normalized spacial score (nSPS) is 24.4. The van der Waals surface area contributed by atoms with Gasteiger partial charge in [0.2, 0.25) is 5.89 Å². The van der Waals surface area contributed by atoms with E-state index in [4.69, 9.17) is 10.3 Å². The first-order chi connectivity index (χ1) is 7.31. The number of aromatic nitrogens is 2. The Morgan fingerprint density at radius 2 is 2.20 bits per heavy atom. The van der Waals surface area contributed by atoms with E-state index in [9.17, 15) is 0 Å². The molecule has 4 heteroatoms. The smallest absolute Gasteiger partial charge is 0.226 e. The van der Waals surface area contributed by atoms with Gasteiger partial charge < -0.3 is 10.3 Å². The minimum atomic E-state index is 0.562. The molecule has 0 aliphatic heterocycles. The standard InChI is InChI=1S/C11H19N3O/c1-8-7-9(8)11-13-10(15-14-11)5-3-2-4-6-12/h8-9H,2-7,12H2,1H3. The maximum absolute atomic E-state index is 5.42. The van der Waals surface area contributed by atoms with Gasteiger partial charge in [-0.25, -0.2) is 0 Å². The first-order valence-electron chi connectivity index (χ1n) is 5.84. The van der Waals surface area contributed by atoms with E-state index < -0.39 is 0 Å². The predicted molar refractivity (Wildman–Crippen MR) is 57.4 cm³/mol. The molecule has 1 heterocycles. The molecule has 2 atom stereocenters. The highest BCUT2D eigenvalue weighted by Crippen LogP contribution is 2.45. The largest absolute Gasteiger partial charge is 0.339 e. The fraction of sp³-hybridized carbons (Fsp3) is 0.818. The van der Waals surface area contributed by atoms with E-state index in [1.165, 1.54) is 6.42 Å². The monoisotopic (exact) mass is 209 g/mol. The summed E-state index contributed by atoms with van der Waals surface area (Å²) in [5.74, 6) is 3.01. The van der Waals surface area contributed by atoms with Gasteiger partial charge in [0.05, 0.1) is 0 Å². The molecular weight excluding hydrogens is 190 g/mol. The molecule has 1 fully saturated rings. The molecule has 1 aromatic heterocycles. The van der Waals surface area contributed by atoms with E-state index >= 15 is 0 Å². The van der Waals surface area contributed by atoms with Crippen LogP contribution in [0, 0.1) is 5.92 Å². The van der Waals surface area contributed by atoms with Crippen molar-refractivity contribution < 1.29 is 4.52 Å². The second kappa shape index (κ2) is 4.75. The minimum Gasteiger partial charge on any atom is -0.339 e. The lowest BCUT2D eigenvalue weighted by Gasteiger charge is -1.94. The van der Waals surface area contributed by atoms with Crippen LogP contribution in [0.15, 0.2) is 4.52 Å². The summed E-state index contributed by atoms with van der Waals surface area (Å²) in [5.41, 5.74) is 5.42. The molecule has 0 bridgehead atoms. The quantitative estimate of drug-likeness (QED) is 0.726. The van der Waals surface area contributed by atoms with Gasteiger partial charge in [-0.2, -0.15) is 4.98 Å². The van der Waals surface area contributed by atoms with Crippen LogP contribution in [0.3, 0.4) is 0 Å². The molecule has 2 unspecified atom stereocenters. The van der Waals surface area contributed by atoms with Crippen molar-refractivity contribution in [1.29, 1.82) is 0 Å². The molecule has 1 aliphatic rings. The first-order valence-corrected chi connectivity index (χ1v) is 5.84. The van der Waals surface area contributed by atoms with Crippen LogP contribution in [-0.4, -0.2) is 16.7 Å². The number of hydrogen-bond donors (Lipinski definition) is 1. The molecule has 1 saturated carbocycles. The zero-order chi connectivity index (χ0) is 10.7. The van der Waals surface area contributed by atoms with Crippen LogP contribution < -0.4 is 5.73 Å². The number of unbranched alkanes of at least 4 members (excludes halogenated alkanes) is 2. The van der Waals surface area contributed by atoms with E-state index in [2.05, 4.69) is 17.1 Å². The predicted octanol–water partition coefficient (Wildman–Crippen LogP) is 1.86. The van der Waals surface area contributed by atoms with Crippen molar-refractivity contribution >= 4 is 0 Å². The van der Waals surface area contributed by atoms with Gasteiger partial charge in [0, 0.05) is 12.3 Å². The summed E-state index contributed by atoms with van der Waals surface area (Å²) in [7, 11) is 0. The summed E-state index contributed by atoms with van der Waals surface area (Å²) in [4.78, 5) is 4.41. The van der Waals surface area contributed by atoms with Gasteiger partial charge >= 0.3 is 0 Å². The Kier molecular flexibility index (Phi) is 3.36. The molecule has 0 saturated heterocycles. The lowest BCUT2D eigenvalue weighted by atomic mass is 10.2. The van der Waals surface area contributed by atoms with E-state index in [-0.39, 0.29) is 0 Å². The maximum atomic E-state index is 5.42. The fourth-order valence-corrected chi connectivity index (χ4v) is 1.80. The van der Waals surface area contributed by atoms with Crippen molar-refractivity contribution in [3.63, 3.8) is 0 Å². The summed E-state index contributed by atoms with van der Waals surface area (Å²) < 4.78 is 5.20. The van der Waals surface area contributed by atoms with Gasteiger partial charge in [-0.1, -0.05) is 18.5 Å². The van der Waals surface area contributed by atoms with Crippen LogP contribution in [0.4, 0.5) is 0 Å². The number of nitrogens with two attached hydrogens (primary N) is 1. The molecular formula is C11H19N3O. The van der Waals surface area contributed by atoms with Gasteiger partial charge in [-0.15, -0.1) is 0 Å². The van der Waals surface area contributed by atoms with Crippen molar-refractivity contribution in [2.45, 2.75) is 44.9 Å². The summed E-state index contributed by atoms with van der Waals surface area (Å²) >= 11 is 0. The molecule has 84 valence electrons.